The Morgan fingerprint density at radius 1 is 1.17 bits per heavy atom. The molecular formula is C23H39N3O3. The number of aliphatic hydroxyl groups is 1. The highest BCUT2D eigenvalue weighted by molar-refractivity contribution is 5.78. The Hall–Kier alpha value is -0.950. The Kier molecular flexibility index (Phi) is 6.64. The molecule has 5 rings (SSSR count). The van der Waals surface area contributed by atoms with Gasteiger partial charge in [-0.15, -0.1) is 0 Å². The zero-order chi connectivity index (χ0) is 20.4. The van der Waals surface area contributed by atoms with Crippen molar-refractivity contribution in [1.82, 2.24) is 14.7 Å². The van der Waals surface area contributed by atoms with Gasteiger partial charge in [0.1, 0.15) is 0 Å². The molecule has 0 aromatic rings. The van der Waals surface area contributed by atoms with Gasteiger partial charge in [0, 0.05) is 45.8 Å². The lowest BCUT2D eigenvalue weighted by Gasteiger charge is -2.56. The molecule has 164 valence electrons. The van der Waals surface area contributed by atoms with Crippen LogP contribution in [0.1, 0.15) is 39.5 Å². The summed E-state index contributed by atoms with van der Waals surface area (Å²) in [5.74, 6) is 1.81. The fourth-order valence-electron chi connectivity index (χ4n) is 5.69. The molecule has 5 aliphatic rings. The van der Waals surface area contributed by atoms with Crippen LogP contribution in [0.5, 0.6) is 0 Å². The maximum atomic E-state index is 12.3. The van der Waals surface area contributed by atoms with Gasteiger partial charge in [0.05, 0.1) is 25.9 Å². The third kappa shape index (κ3) is 4.87. The zero-order valence-electron chi connectivity index (χ0n) is 18.3. The SMILES string of the molecule is CC1(C)C2CC=C(COCC(O)CN3CCN(CC(=O)N4CCCC4)CC3)C1C2. The molecule has 3 aliphatic carbocycles. The number of fused-ring (bicyclic) bond motifs is 1. The lowest BCUT2D eigenvalue weighted by Crippen LogP contribution is -2.51. The van der Waals surface area contributed by atoms with E-state index in [9.17, 15) is 9.90 Å². The lowest BCUT2D eigenvalue weighted by atomic mass is 9.49. The van der Waals surface area contributed by atoms with Crippen LogP contribution in [0.15, 0.2) is 11.6 Å². The Morgan fingerprint density at radius 2 is 1.86 bits per heavy atom. The lowest BCUT2D eigenvalue weighted by molar-refractivity contribution is -0.131. The summed E-state index contributed by atoms with van der Waals surface area (Å²) in [7, 11) is 0. The molecule has 3 fully saturated rings. The second kappa shape index (κ2) is 9.04. The largest absolute Gasteiger partial charge is 0.389 e. The number of carbonyl (C=O) groups excluding carboxylic acids is 1. The third-order valence-electron chi connectivity index (χ3n) is 7.91. The average molecular weight is 406 g/mol. The summed E-state index contributed by atoms with van der Waals surface area (Å²) in [6.07, 6.45) is 6.73. The van der Waals surface area contributed by atoms with Crippen LogP contribution in [0.3, 0.4) is 0 Å². The minimum atomic E-state index is -0.445. The molecular weight excluding hydrogens is 366 g/mol. The maximum absolute atomic E-state index is 12.3. The molecule has 1 saturated carbocycles. The van der Waals surface area contributed by atoms with Gasteiger partial charge in [-0.1, -0.05) is 19.9 Å². The van der Waals surface area contributed by atoms with E-state index in [1.54, 1.807) is 0 Å². The molecule has 29 heavy (non-hydrogen) atoms. The summed E-state index contributed by atoms with van der Waals surface area (Å²) >= 11 is 0. The molecule has 2 bridgehead atoms. The van der Waals surface area contributed by atoms with Gasteiger partial charge in [-0.05, 0) is 48.5 Å². The number of hydrogen-bond acceptors (Lipinski definition) is 5. The van der Waals surface area contributed by atoms with Gasteiger partial charge in [0.25, 0.3) is 0 Å². The minimum Gasteiger partial charge on any atom is -0.389 e. The van der Waals surface area contributed by atoms with Gasteiger partial charge in [0.15, 0.2) is 0 Å². The second-order valence-corrected chi connectivity index (χ2v) is 10.2. The first-order valence-corrected chi connectivity index (χ1v) is 11.6. The first kappa shape index (κ1) is 21.3. The van der Waals surface area contributed by atoms with Crippen LogP contribution in [0, 0.1) is 17.3 Å². The van der Waals surface area contributed by atoms with Gasteiger partial charge in [-0.2, -0.15) is 0 Å². The number of rotatable bonds is 8. The first-order valence-electron chi connectivity index (χ1n) is 11.6. The van der Waals surface area contributed by atoms with E-state index >= 15 is 0 Å². The molecule has 2 saturated heterocycles. The molecule has 0 radical (unpaired) electrons. The molecule has 1 amide bonds. The number of amides is 1. The molecule has 6 heteroatoms. The highest BCUT2D eigenvalue weighted by Crippen LogP contribution is 2.59. The van der Waals surface area contributed by atoms with E-state index in [-0.39, 0.29) is 5.91 Å². The van der Waals surface area contributed by atoms with Gasteiger partial charge < -0.3 is 14.7 Å². The summed E-state index contributed by atoms with van der Waals surface area (Å²) < 4.78 is 5.89. The minimum absolute atomic E-state index is 0.280. The van der Waals surface area contributed by atoms with Crippen LogP contribution in [-0.4, -0.2) is 97.4 Å². The van der Waals surface area contributed by atoms with Gasteiger partial charge in [-0.25, -0.2) is 0 Å². The van der Waals surface area contributed by atoms with Crippen LogP contribution in [0.4, 0.5) is 0 Å². The van der Waals surface area contributed by atoms with Crippen molar-refractivity contribution in [2.24, 2.45) is 17.3 Å². The van der Waals surface area contributed by atoms with Crippen molar-refractivity contribution in [3.8, 4) is 0 Å². The van der Waals surface area contributed by atoms with Crippen LogP contribution < -0.4 is 0 Å². The number of ether oxygens (including phenoxy) is 1. The van der Waals surface area contributed by atoms with E-state index in [0.717, 1.165) is 58.0 Å². The van der Waals surface area contributed by atoms with E-state index in [2.05, 4.69) is 29.7 Å². The summed E-state index contributed by atoms with van der Waals surface area (Å²) in [5.41, 5.74) is 1.88. The fraction of sp³-hybridized carbons (Fsp3) is 0.870. The maximum Gasteiger partial charge on any atom is 0.236 e. The van der Waals surface area contributed by atoms with Crippen molar-refractivity contribution in [2.75, 3.05) is 65.6 Å². The molecule has 0 aromatic heterocycles. The van der Waals surface area contributed by atoms with E-state index in [0.29, 0.717) is 37.6 Å². The van der Waals surface area contributed by atoms with E-state index in [1.807, 2.05) is 4.90 Å². The Labute approximate surface area is 175 Å². The Morgan fingerprint density at radius 3 is 2.52 bits per heavy atom. The van der Waals surface area contributed by atoms with Gasteiger partial charge >= 0.3 is 0 Å². The van der Waals surface area contributed by atoms with Gasteiger partial charge in [0.2, 0.25) is 5.91 Å². The van der Waals surface area contributed by atoms with E-state index < -0.39 is 6.10 Å². The number of allylic oxidation sites excluding steroid dienone is 1. The number of β-amino-alcohol motifs (C(OH)–C–C–N with tert-alkyl or cyclic N) is 1. The highest BCUT2D eigenvalue weighted by Gasteiger charge is 2.50. The zero-order valence-corrected chi connectivity index (χ0v) is 18.3. The average Bonchev–Trinajstić information content (AvgIpc) is 3.24. The quantitative estimate of drug-likeness (QED) is 0.622. The summed E-state index contributed by atoms with van der Waals surface area (Å²) in [6, 6.07) is 0. The van der Waals surface area contributed by atoms with Crippen molar-refractivity contribution < 1.29 is 14.6 Å². The van der Waals surface area contributed by atoms with Crippen LogP contribution >= 0.6 is 0 Å². The molecule has 6 nitrogen and oxygen atoms in total. The Bertz CT molecular complexity index is 606. The van der Waals surface area contributed by atoms with Crippen molar-refractivity contribution in [3.63, 3.8) is 0 Å². The molecule has 1 N–H and O–H groups in total. The normalized spacial score (nSPS) is 30.7. The summed E-state index contributed by atoms with van der Waals surface area (Å²) in [5, 5.41) is 10.4. The predicted octanol–water partition coefficient (Wildman–Crippen LogP) is 1.60. The van der Waals surface area contributed by atoms with Crippen LogP contribution in [-0.2, 0) is 9.53 Å². The fourth-order valence-corrected chi connectivity index (χ4v) is 5.69. The predicted molar refractivity (Wildman–Crippen MR) is 114 cm³/mol. The molecule has 3 atom stereocenters. The third-order valence-corrected chi connectivity index (χ3v) is 7.91. The molecule has 2 heterocycles. The number of hydrogen-bond donors (Lipinski definition) is 1. The van der Waals surface area contributed by atoms with E-state index in [1.165, 1.54) is 18.4 Å². The summed E-state index contributed by atoms with van der Waals surface area (Å²) in [4.78, 5) is 18.8. The molecule has 2 aliphatic heterocycles. The second-order valence-electron chi connectivity index (χ2n) is 10.2. The number of piperazine rings is 1. The monoisotopic (exact) mass is 405 g/mol. The number of nitrogens with zero attached hydrogens (tertiary/aromatic N) is 3. The summed E-state index contributed by atoms with van der Waals surface area (Å²) in [6.45, 7) is 12.5. The standard InChI is InChI=1S/C23H39N3O3/c1-23(2)19-6-5-18(21(23)13-19)16-29-17-20(27)14-24-9-11-25(12-10-24)15-22(28)26-7-3-4-8-26/h5,19-21,27H,3-4,6-17H2,1-2H3. The first-order chi connectivity index (χ1) is 13.9. The number of carbonyl (C=O) groups is 1. The molecule has 0 aromatic carbocycles. The van der Waals surface area contributed by atoms with Crippen molar-refractivity contribution >= 4 is 5.91 Å². The smallest absolute Gasteiger partial charge is 0.236 e. The topological polar surface area (TPSA) is 56.3 Å². The van der Waals surface area contributed by atoms with Crippen molar-refractivity contribution in [1.29, 1.82) is 0 Å². The Balaban J connectivity index is 1.10. The van der Waals surface area contributed by atoms with Gasteiger partial charge in [-0.3, -0.25) is 14.6 Å². The highest BCUT2D eigenvalue weighted by atomic mass is 16.5. The van der Waals surface area contributed by atoms with Crippen LogP contribution in [0.2, 0.25) is 0 Å². The van der Waals surface area contributed by atoms with E-state index in [4.69, 9.17) is 4.74 Å². The molecule has 3 unspecified atom stereocenters. The number of likely N-dealkylation sites (tertiary alicyclic amines) is 1. The molecule has 0 spiro atoms. The van der Waals surface area contributed by atoms with Crippen molar-refractivity contribution in [2.45, 2.75) is 45.6 Å². The van der Waals surface area contributed by atoms with Crippen LogP contribution in [0.25, 0.3) is 0 Å². The number of aliphatic hydroxyl groups excluding tert-OH is 1. The van der Waals surface area contributed by atoms with Crippen molar-refractivity contribution in [3.05, 3.63) is 11.6 Å².